The van der Waals surface area contributed by atoms with Crippen molar-refractivity contribution in [3.63, 3.8) is 0 Å². The second-order valence-corrected chi connectivity index (χ2v) is 3.30. The van der Waals surface area contributed by atoms with E-state index >= 15 is 0 Å². The van der Waals surface area contributed by atoms with E-state index in [9.17, 15) is 13.2 Å². The molecule has 0 heterocycles. The maximum Gasteiger partial charge on any atom is 0.401 e. The lowest BCUT2D eigenvalue weighted by Gasteiger charge is -2.18. The molecule has 0 rings (SSSR count). The average molecular weight is 228 g/mol. The maximum atomic E-state index is 11.9. The third kappa shape index (κ3) is 11.6. The Kier molecular flexibility index (Phi) is 7.72. The molecule has 0 bridgehead atoms. The predicted molar refractivity (Wildman–Crippen MR) is 52.9 cm³/mol. The van der Waals surface area contributed by atoms with Gasteiger partial charge in [-0.05, 0) is 14.0 Å². The molecule has 0 aliphatic heterocycles. The SMILES string of the molecule is CCOCCNCCN(C)CC(F)(F)F. The number of ether oxygens (including phenoxy) is 1. The van der Waals surface area contributed by atoms with Crippen molar-refractivity contribution in [2.45, 2.75) is 13.1 Å². The molecule has 0 saturated carbocycles. The highest BCUT2D eigenvalue weighted by molar-refractivity contribution is 4.60. The van der Waals surface area contributed by atoms with Gasteiger partial charge in [0.15, 0.2) is 0 Å². The van der Waals surface area contributed by atoms with Crippen LogP contribution in [0.2, 0.25) is 0 Å². The first-order chi connectivity index (χ1) is 6.95. The minimum atomic E-state index is -4.11. The molecule has 0 aliphatic carbocycles. The predicted octanol–water partition coefficient (Wildman–Crippen LogP) is 1.11. The summed E-state index contributed by atoms with van der Waals surface area (Å²) in [4.78, 5) is 1.24. The smallest absolute Gasteiger partial charge is 0.380 e. The molecule has 15 heavy (non-hydrogen) atoms. The molecule has 0 spiro atoms. The number of alkyl halides is 3. The fourth-order valence-corrected chi connectivity index (χ4v) is 1.07. The van der Waals surface area contributed by atoms with E-state index < -0.39 is 12.7 Å². The molecular formula is C9H19F3N2O. The van der Waals surface area contributed by atoms with Gasteiger partial charge in [-0.1, -0.05) is 0 Å². The summed E-state index contributed by atoms with van der Waals surface area (Å²) in [6, 6.07) is 0. The lowest BCUT2D eigenvalue weighted by atomic mass is 10.5. The van der Waals surface area contributed by atoms with Crippen LogP contribution in [0.4, 0.5) is 13.2 Å². The van der Waals surface area contributed by atoms with Gasteiger partial charge in [-0.25, -0.2) is 0 Å². The second kappa shape index (κ2) is 7.90. The number of hydrogen-bond acceptors (Lipinski definition) is 3. The Morgan fingerprint density at radius 2 is 1.93 bits per heavy atom. The van der Waals surface area contributed by atoms with Gasteiger partial charge in [0.05, 0.1) is 13.2 Å². The van der Waals surface area contributed by atoms with Crippen LogP contribution >= 0.6 is 0 Å². The van der Waals surface area contributed by atoms with Crippen molar-refractivity contribution in [1.82, 2.24) is 10.2 Å². The Morgan fingerprint density at radius 1 is 1.27 bits per heavy atom. The zero-order valence-corrected chi connectivity index (χ0v) is 9.23. The van der Waals surface area contributed by atoms with Crippen LogP contribution in [-0.2, 0) is 4.74 Å². The summed E-state index contributed by atoms with van der Waals surface area (Å²) in [5.74, 6) is 0. The molecule has 0 atom stereocenters. The van der Waals surface area contributed by atoms with Gasteiger partial charge in [0, 0.05) is 26.2 Å². The molecule has 0 aromatic rings. The van der Waals surface area contributed by atoms with Crippen molar-refractivity contribution in [2.75, 3.05) is 46.4 Å². The van der Waals surface area contributed by atoms with Gasteiger partial charge in [0.25, 0.3) is 0 Å². The van der Waals surface area contributed by atoms with E-state index in [1.54, 1.807) is 0 Å². The standard InChI is InChI=1S/C9H19F3N2O/c1-3-15-7-5-13-4-6-14(2)8-9(10,11)12/h13H,3-8H2,1-2H3. The van der Waals surface area contributed by atoms with Crippen LogP contribution in [0.25, 0.3) is 0 Å². The molecule has 92 valence electrons. The number of nitrogens with zero attached hydrogens (tertiary/aromatic N) is 1. The van der Waals surface area contributed by atoms with E-state index in [-0.39, 0.29) is 0 Å². The number of nitrogens with one attached hydrogen (secondary N) is 1. The van der Waals surface area contributed by atoms with Gasteiger partial charge in [-0.15, -0.1) is 0 Å². The van der Waals surface area contributed by atoms with Gasteiger partial charge in [0.1, 0.15) is 0 Å². The maximum absolute atomic E-state index is 11.9. The highest BCUT2D eigenvalue weighted by Crippen LogP contribution is 2.14. The zero-order valence-electron chi connectivity index (χ0n) is 9.23. The van der Waals surface area contributed by atoms with Crippen molar-refractivity contribution in [2.24, 2.45) is 0 Å². The van der Waals surface area contributed by atoms with E-state index in [1.165, 1.54) is 11.9 Å². The van der Waals surface area contributed by atoms with Crippen molar-refractivity contribution < 1.29 is 17.9 Å². The van der Waals surface area contributed by atoms with Crippen LogP contribution < -0.4 is 5.32 Å². The molecule has 0 aromatic heterocycles. The molecule has 0 unspecified atom stereocenters. The average Bonchev–Trinajstić information content (AvgIpc) is 2.08. The van der Waals surface area contributed by atoms with Crippen LogP contribution in [0, 0.1) is 0 Å². The fourth-order valence-electron chi connectivity index (χ4n) is 1.07. The molecule has 0 saturated heterocycles. The first kappa shape index (κ1) is 14.7. The highest BCUT2D eigenvalue weighted by atomic mass is 19.4. The van der Waals surface area contributed by atoms with Gasteiger partial charge >= 0.3 is 6.18 Å². The number of likely N-dealkylation sites (N-methyl/N-ethyl adjacent to an activating group) is 1. The molecule has 1 N–H and O–H groups in total. The highest BCUT2D eigenvalue weighted by Gasteiger charge is 2.28. The molecule has 0 aromatic carbocycles. The Morgan fingerprint density at radius 3 is 2.47 bits per heavy atom. The Hall–Kier alpha value is -0.330. The van der Waals surface area contributed by atoms with Gasteiger partial charge in [-0.3, -0.25) is 4.90 Å². The largest absolute Gasteiger partial charge is 0.401 e. The van der Waals surface area contributed by atoms with E-state index in [0.29, 0.717) is 32.8 Å². The topological polar surface area (TPSA) is 24.5 Å². The van der Waals surface area contributed by atoms with Crippen LogP contribution in [0.15, 0.2) is 0 Å². The summed E-state index contributed by atoms with van der Waals surface area (Å²) < 4.78 is 40.8. The first-order valence-electron chi connectivity index (χ1n) is 4.99. The molecule has 0 radical (unpaired) electrons. The first-order valence-corrected chi connectivity index (χ1v) is 4.99. The van der Waals surface area contributed by atoms with Crippen molar-refractivity contribution in [3.8, 4) is 0 Å². The summed E-state index contributed by atoms with van der Waals surface area (Å²) in [6.07, 6.45) is -4.11. The minimum absolute atomic E-state index is 0.381. The summed E-state index contributed by atoms with van der Waals surface area (Å²) in [7, 11) is 1.46. The lowest BCUT2D eigenvalue weighted by Crippen LogP contribution is -2.36. The molecule has 0 amide bonds. The van der Waals surface area contributed by atoms with Crippen molar-refractivity contribution in [3.05, 3.63) is 0 Å². The van der Waals surface area contributed by atoms with Crippen LogP contribution in [-0.4, -0.2) is 57.5 Å². The van der Waals surface area contributed by atoms with Crippen molar-refractivity contribution in [1.29, 1.82) is 0 Å². The number of halogens is 3. The summed E-state index contributed by atoms with van der Waals surface area (Å²) >= 11 is 0. The van der Waals surface area contributed by atoms with Crippen molar-refractivity contribution >= 4 is 0 Å². The second-order valence-electron chi connectivity index (χ2n) is 3.30. The van der Waals surface area contributed by atoms with Gasteiger partial charge < -0.3 is 10.1 Å². The monoisotopic (exact) mass is 228 g/mol. The summed E-state index contributed by atoms with van der Waals surface area (Å²) in [5, 5.41) is 3.00. The molecule has 0 fully saturated rings. The van der Waals surface area contributed by atoms with E-state index in [4.69, 9.17) is 4.74 Å². The lowest BCUT2D eigenvalue weighted by molar-refractivity contribution is -0.142. The Bertz CT molecular complexity index is 153. The third-order valence-corrected chi connectivity index (χ3v) is 1.75. The molecular weight excluding hydrogens is 209 g/mol. The molecule has 0 aliphatic rings. The van der Waals surface area contributed by atoms with Crippen LogP contribution in [0.3, 0.4) is 0 Å². The van der Waals surface area contributed by atoms with E-state index in [2.05, 4.69) is 5.32 Å². The Balaban J connectivity index is 3.28. The van der Waals surface area contributed by atoms with Gasteiger partial charge in [0.2, 0.25) is 0 Å². The minimum Gasteiger partial charge on any atom is -0.380 e. The van der Waals surface area contributed by atoms with Gasteiger partial charge in [-0.2, -0.15) is 13.2 Å². The summed E-state index contributed by atoms with van der Waals surface area (Å²) in [5.41, 5.74) is 0. The van der Waals surface area contributed by atoms with E-state index in [1.807, 2.05) is 6.92 Å². The van der Waals surface area contributed by atoms with E-state index in [0.717, 1.165) is 0 Å². The molecule has 6 heteroatoms. The zero-order chi connectivity index (χ0) is 11.7. The molecule has 3 nitrogen and oxygen atoms in total. The normalized spacial score (nSPS) is 12.4. The van der Waals surface area contributed by atoms with Crippen LogP contribution in [0.1, 0.15) is 6.92 Å². The Labute approximate surface area is 88.6 Å². The number of rotatable bonds is 8. The summed E-state index contributed by atoms with van der Waals surface area (Å²) in [6.45, 7) is 3.89. The number of hydrogen-bond donors (Lipinski definition) is 1. The third-order valence-electron chi connectivity index (χ3n) is 1.75. The fraction of sp³-hybridized carbons (Fsp3) is 1.00. The van der Waals surface area contributed by atoms with Crippen LogP contribution in [0.5, 0.6) is 0 Å². The quantitative estimate of drug-likeness (QED) is 0.630.